The molecule has 2 atom stereocenters. The van der Waals surface area contributed by atoms with E-state index in [1.54, 1.807) is 16.8 Å². The number of likely N-dealkylation sites (N-methyl/N-ethyl adjacent to an activating group) is 1. The second-order valence-corrected chi connectivity index (χ2v) is 8.43. The van der Waals surface area contributed by atoms with Crippen molar-refractivity contribution in [2.45, 2.75) is 39.0 Å². The molecule has 3 heterocycles. The topological polar surface area (TPSA) is 79.2 Å². The van der Waals surface area contributed by atoms with E-state index in [4.69, 9.17) is 4.11 Å². The van der Waals surface area contributed by atoms with E-state index in [1.807, 2.05) is 20.8 Å². The van der Waals surface area contributed by atoms with Gasteiger partial charge in [-0.25, -0.2) is 14.8 Å². The minimum atomic E-state index is -4.41. The molecular formula is C23H26F3N7O. The van der Waals surface area contributed by atoms with Crippen LogP contribution in [0.25, 0.3) is 5.69 Å². The van der Waals surface area contributed by atoms with E-state index in [9.17, 15) is 18.0 Å². The summed E-state index contributed by atoms with van der Waals surface area (Å²) < 4.78 is 63.1. The molecule has 1 fully saturated rings. The molecule has 0 saturated carbocycles. The molecule has 1 aliphatic heterocycles. The zero-order chi connectivity index (χ0) is 27.1. The third-order valence-corrected chi connectivity index (χ3v) is 5.68. The molecule has 2 aromatic heterocycles. The van der Waals surface area contributed by atoms with Gasteiger partial charge in [-0.2, -0.15) is 18.2 Å². The average molecular weight is 477 g/mol. The van der Waals surface area contributed by atoms with Crippen molar-refractivity contribution in [3.63, 3.8) is 0 Å². The molecule has 0 aliphatic carbocycles. The van der Waals surface area contributed by atoms with Crippen LogP contribution in [0.3, 0.4) is 0 Å². The average Bonchev–Trinajstić information content (AvgIpc) is 3.44. The Hall–Kier alpha value is -3.63. The molecule has 2 amide bonds. The first-order valence-corrected chi connectivity index (χ1v) is 10.7. The summed E-state index contributed by atoms with van der Waals surface area (Å²) >= 11 is 0. The van der Waals surface area contributed by atoms with Gasteiger partial charge in [0, 0.05) is 35.7 Å². The Morgan fingerprint density at radius 3 is 2.53 bits per heavy atom. The summed E-state index contributed by atoms with van der Waals surface area (Å²) in [5.41, 5.74) is 0.366. The molecular weight excluding hydrogens is 447 g/mol. The zero-order valence-electron chi connectivity index (χ0n) is 21.8. The molecule has 1 aliphatic rings. The van der Waals surface area contributed by atoms with Crippen molar-refractivity contribution in [1.29, 1.82) is 0 Å². The highest BCUT2D eigenvalue weighted by molar-refractivity contribution is 5.94. The van der Waals surface area contributed by atoms with Gasteiger partial charge in [0.1, 0.15) is 5.82 Å². The predicted octanol–water partition coefficient (Wildman–Crippen LogP) is 4.75. The molecule has 1 N–H and O–H groups in total. The van der Waals surface area contributed by atoms with Crippen LogP contribution in [0.15, 0.2) is 49.1 Å². The fourth-order valence-corrected chi connectivity index (χ4v) is 3.74. The molecule has 0 unspecified atom stereocenters. The first-order chi connectivity index (χ1) is 17.3. The van der Waals surface area contributed by atoms with E-state index >= 15 is 0 Å². The molecule has 34 heavy (non-hydrogen) atoms. The van der Waals surface area contributed by atoms with Crippen LogP contribution in [-0.4, -0.2) is 50.0 Å². The van der Waals surface area contributed by atoms with Crippen molar-refractivity contribution >= 4 is 17.8 Å². The smallest absolute Gasteiger partial charge is 0.346 e. The second-order valence-electron chi connectivity index (χ2n) is 8.43. The van der Waals surface area contributed by atoms with Crippen LogP contribution in [0, 0.1) is 5.92 Å². The van der Waals surface area contributed by atoms with Crippen molar-refractivity contribution in [3.8, 4) is 5.69 Å². The van der Waals surface area contributed by atoms with Crippen LogP contribution in [0.1, 0.15) is 42.2 Å². The summed E-state index contributed by atoms with van der Waals surface area (Å²) in [6.07, 6.45) is 0.233. The molecule has 8 nitrogen and oxygen atoms in total. The lowest BCUT2D eigenvalue weighted by Crippen LogP contribution is -2.38. The highest BCUT2D eigenvalue weighted by Gasteiger charge is 2.38. The number of imidazole rings is 1. The molecule has 11 heteroatoms. The number of nitrogens with one attached hydrogen (secondary N) is 1. The standard InChI is InChI=1S/C23H26F3N7O/c1-14(2)19-12-31(4)22(34)33(19)20-9-10-27-21(30-20)29-15(3)18-11-32(13-28-18)17-7-5-16(6-8-17)23(24,25)26/h5-11,13-15,19H,12H2,1-4H3,(H,27,29,30)/t15-,19+/m0/s1/i4D3. The zero-order valence-corrected chi connectivity index (χ0v) is 18.8. The van der Waals surface area contributed by atoms with Crippen molar-refractivity contribution in [1.82, 2.24) is 24.4 Å². The Labute approximate surface area is 199 Å². The summed E-state index contributed by atoms with van der Waals surface area (Å²) in [6, 6.07) is 4.87. The minimum absolute atomic E-state index is 0.0178. The van der Waals surface area contributed by atoms with Gasteiger partial charge in [0.05, 0.1) is 29.7 Å². The Balaban J connectivity index is 1.51. The van der Waals surface area contributed by atoms with E-state index in [0.717, 1.165) is 17.0 Å². The highest BCUT2D eigenvalue weighted by Crippen LogP contribution is 2.30. The number of benzene rings is 1. The largest absolute Gasteiger partial charge is 0.416 e. The van der Waals surface area contributed by atoms with Crippen LogP contribution < -0.4 is 10.2 Å². The second kappa shape index (κ2) is 8.96. The molecule has 0 spiro atoms. The Kier molecular flexibility index (Phi) is 5.22. The van der Waals surface area contributed by atoms with E-state index in [1.165, 1.54) is 29.6 Å². The summed E-state index contributed by atoms with van der Waals surface area (Å²) in [4.78, 5) is 28.2. The SMILES string of the molecule is [2H]C([2H])([2H])N1C[C@H](C(C)C)N(c2ccnc(N[C@@H](C)c3cn(-c4ccc(C(F)(F)F)cc4)cn3)n2)C1=O. The molecule has 180 valence electrons. The third kappa shape index (κ3) is 4.68. The number of urea groups is 1. The molecule has 4 rings (SSSR count). The fourth-order valence-electron chi connectivity index (χ4n) is 3.74. The van der Waals surface area contributed by atoms with Crippen molar-refractivity contribution < 1.29 is 22.1 Å². The minimum Gasteiger partial charge on any atom is -0.346 e. The van der Waals surface area contributed by atoms with Gasteiger partial charge in [0.15, 0.2) is 0 Å². The Morgan fingerprint density at radius 1 is 1.15 bits per heavy atom. The number of rotatable bonds is 6. The number of alkyl halides is 3. The quantitative estimate of drug-likeness (QED) is 0.556. The molecule has 3 aromatic rings. The number of carbonyl (C=O) groups is 1. The predicted molar refractivity (Wildman–Crippen MR) is 122 cm³/mol. The number of hydrogen-bond acceptors (Lipinski definition) is 5. The highest BCUT2D eigenvalue weighted by atomic mass is 19.4. The molecule has 0 bridgehead atoms. The lowest BCUT2D eigenvalue weighted by atomic mass is 10.0. The van der Waals surface area contributed by atoms with Gasteiger partial charge < -0.3 is 14.8 Å². The fraction of sp³-hybridized carbons (Fsp3) is 0.391. The number of aromatic nitrogens is 4. The Morgan fingerprint density at radius 2 is 1.88 bits per heavy atom. The van der Waals surface area contributed by atoms with Gasteiger partial charge in [0.2, 0.25) is 5.95 Å². The van der Waals surface area contributed by atoms with E-state index < -0.39 is 24.7 Å². The third-order valence-electron chi connectivity index (χ3n) is 5.68. The number of hydrogen-bond donors (Lipinski definition) is 1. The Bertz CT molecular complexity index is 1260. The van der Waals surface area contributed by atoms with Crippen molar-refractivity contribution in [2.24, 2.45) is 5.92 Å². The van der Waals surface area contributed by atoms with Crippen molar-refractivity contribution in [2.75, 3.05) is 23.7 Å². The first-order valence-electron chi connectivity index (χ1n) is 12.2. The summed E-state index contributed by atoms with van der Waals surface area (Å²) in [6.45, 7) is 3.11. The number of anilines is 2. The normalized spacial score (nSPS) is 19.2. The molecule has 1 saturated heterocycles. The summed E-state index contributed by atoms with van der Waals surface area (Å²) in [5.74, 6) is 0.461. The maximum Gasteiger partial charge on any atom is 0.416 e. The number of halogens is 3. The summed E-state index contributed by atoms with van der Waals surface area (Å²) in [5, 5.41) is 3.11. The van der Waals surface area contributed by atoms with E-state index in [0.29, 0.717) is 11.4 Å². The first kappa shape index (κ1) is 19.8. The van der Waals surface area contributed by atoms with E-state index in [2.05, 4.69) is 20.3 Å². The van der Waals surface area contributed by atoms with Crippen LogP contribution in [-0.2, 0) is 6.18 Å². The van der Waals surface area contributed by atoms with Gasteiger partial charge in [0.25, 0.3) is 0 Å². The van der Waals surface area contributed by atoms with Crippen LogP contribution in [0.2, 0.25) is 0 Å². The van der Waals surface area contributed by atoms with Crippen molar-refractivity contribution in [3.05, 3.63) is 60.3 Å². The van der Waals surface area contributed by atoms with E-state index in [-0.39, 0.29) is 36.3 Å². The van der Waals surface area contributed by atoms with Crippen LogP contribution in [0.5, 0.6) is 0 Å². The lowest BCUT2D eigenvalue weighted by molar-refractivity contribution is -0.137. The van der Waals surface area contributed by atoms with Crippen LogP contribution in [0.4, 0.5) is 29.7 Å². The maximum absolute atomic E-state index is 13.0. The van der Waals surface area contributed by atoms with Crippen LogP contribution >= 0.6 is 0 Å². The summed E-state index contributed by atoms with van der Waals surface area (Å²) in [7, 11) is 0. The monoisotopic (exact) mass is 476 g/mol. The number of amides is 2. The molecule has 0 radical (unpaired) electrons. The maximum atomic E-state index is 13.0. The number of nitrogens with zero attached hydrogens (tertiary/aromatic N) is 6. The van der Waals surface area contributed by atoms with Gasteiger partial charge in [-0.05, 0) is 43.2 Å². The lowest BCUT2D eigenvalue weighted by Gasteiger charge is -2.25. The van der Waals surface area contributed by atoms with Gasteiger partial charge in [-0.15, -0.1) is 0 Å². The molecule has 1 aromatic carbocycles. The van der Waals surface area contributed by atoms with Gasteiger partial charge >= 0.3 is 12.2 Å². The number of carbonyl (C=O) groups excluding carboxylic acids is 1. The van der Waals surface area contributed by atoms with Gasteiger partial charge in [-0.3, -0.25) is 4.90 Å². The van der Waals surface area contributed by atoms with Gasteiger partial charge in [-0.1, -0.05) is 13.8 Å².